The summed E-state index contributed by atoms with van der Waals surface area (Å²) in [6.07, 6.45) is 2.07. The van der Waals surface area contributed by atoms with Crippen LogP contribution in [-0.2, 0) is 9.53 Å². The molecule has 1 saturated heterocycles. The summed E-state index contributed by atoms with van der Waals surface area (Å²) in [4.78, 5) is 14.4. The molecule has 3 atom stereocenters. The first-order chi connectivity index (χ1) is 8.11. The summed E-state index contributed by atoms with van der Waals surface area (Å²) in [7, 11) is 1.68. The van der Waals surface area contributed by atoms with Crippen molar-refractivity contribution in [3.05, 3.63) is 0 Å². The normalized spacial score (nSPS) is 25.9. The highest BCUT2D eigenvalue weighted by Gasteiger charge is 2.33. The second-order valence-electron chi connectivity index (χ2n) is 4.98. The molecule has 1 N–H and O–H groups in total. The second kappa shape index (κ2) is 6.97. The van der Waals surface area contributed by atoms with Gasteiger partial charge < -0.3 is 15.0 Å². The molecule has 1 rings (SSSR count). The third-order valence-electron chi connectivity index (χ3n) is 3.74. The molecule has 4 heteroatoms. The maximum atomic E-state index is 12.5. The highest BCUT2D eigenvalue weighted by atomic mass is 16.5. The molecule has 1 fully saturated rings. The van der Waals surface area contributed by atoms with Crippen LogP contribution in [0.25, 0.3) is 0 Å². The number of rotatable bonds is 6. The minimum atomic E-state index is 0.000793. The lowest BCUT2D eigenvalue weighted by Gasteiger charge is -2.32. The summed E-state index contributed by atoms with van der Waals surface area (Å²) in [5, 5.41) is 3.31. The van der Waals surface area contributed by atoms with Gasteiger partial charge in [0.2, 0.25) is 5.91 Å². The van der Waals surface area contributed by atoms with Crippen molar-refractivity contribution in [2.45, 2.75) is 45.7 Å². The minimum Gasteiger partial charge on any atom is -0.383 e. The number of amides is 1. The first-order valence-corrected chi connectivity index (χ1v) is 6.64. The van der Waals surface area contributed by atoms with Crippen molar-refractivity contribution in [3.8, 4) is 0 Å². The van der Waals surface area contributed by atoms with Crippen molar-refractivity contribution in [1.29, 1.82) is 0 Å². The third kappa shape index (κ3) is 3.68. The predicted octanol–water partition coefficient (Wildman–Crippen LogP) is 1.26. The van der Waals surface area contributed by atoms with Gasteiger partial charge in [-0.2, -0.15) is 0 Å². The molecule has 1 heterocycles. The molecule has 0 aromatic heterocycles. The summed E-state index contributed by atoms with van der Waals surface area (Å²) < 4.78 is 5.09. The van der Waals surface area contributed by atoms with Gasteiger partial charge in [-0.25, -0.2) is 0 Å². The number of ether oxygens (including phenoxy) is 1. The Morgan fingerprint density at radius 3 is 2.76 bits per heavy atom. The lowest BCUT2D eigenvalue weighted by molar-refractivity contribution is -0.136. The monoisotopic (exact) mass is 242 g/mol. The topological polar surface area (TPSA) is 41.6 Å². The third-order valence-corrected chi connectivity index (χ3v) is 3.74. The first-order valence-electron chi connectivity index (χ1n) is 6.64. The van der Waals surface area contributed by atoms with E-state index in [2.05, 4.69) is 26.1 Å². The Balaban J connectivity index is 2.64. The van der Waals surface area contributed by atoms with E-state index in [1.54, 1.807) is 7.11 Å². The Morgan fingerprint density at radius 2 is 2.29 bits per heavy atom. The van der Waals surface area contributed by atoms with Gasteiger partial charge in [0.25, 0.3) is 0 Å². The molecule has 0 spiro atoms. The van der Waals surface area contributed by atoms with Crippen LogP contribution < -0.4 is 5.32 Å². The van der Waals surface area contributed by atoms with Crippen molar-refractivity contribution in [3.63, 3.8) is 0 Å². The van der Waals surface area contributed by atoms with Gasteiger partial charge >= 0.3 is 0 Å². The van der Waals surface area contributed by atoms with E-state index in [1.165, 1.54) is 0 Å². The first kappa shape index (κ1) is 14.5. The molecule has 1 aliphatic heterocycles. The summed E-state index contributed by atoms with van der Waals surface area (Å²) in [6.45, 7) is 8.62. The largest absolute Gasteiger partial charge is 0.383 e. The van der Waals surface area contributed by atoms with Gasteiger partial charge in [0.1, 0.15) is 0 Å². The number of carbonyl (C=O) groups excluding carboxylic acids is 1. The lowest BCUT2D eigenvalue weighted by atomic mass is 10.0. The van der Waals surface area contributed by atoms with E-state index < -0.39 is 0 Å². The van der Waals surface area contributed by atoms with Gasteiger partial charge in [-0.3, -0.25) is 4.79 Å². The SMILES string of the molecule is CCC(C)N(CCOC)C(=O)C1NCCC1C. The molecule has 0 saturated carbocycles. The summed E-state index contributed by atoms with van der Waals surface area (Å²) >= 11 is 0. The second-order valence-corrected chi connectivity index (χ2v) is 4.98. The molecule has 1 amide bonds. The average Bonchev–Trinajstić information content (AvgIpc) is 2.75. The van der Waals surface area contributed by atoms with Crippen molar-refractivity contribution >= 4 is 5.91 Å². The molecule has 0 radical (unpaired) electrons. The van der Waals surface area contributed by atoms with Crippen LogP contribution in [0.2, 0.25) is 0 Å². The van der Waals surface area contributed by atoms with Crippen molar-refractivity contribution in [2.24, 2.45) is 5.92 Å². The molecular formula is C13H26N2O2. The van der Waals surface area contributed by atoms with Crippen molar-refractivity contribution < 1.29 is 9.53 Å². The highest BCUT2D eigenvalue weighted by molar-refractivity contribution is 5.82. The number of methoxy groups -OCH3 is 1. The summed E-state index contributed by atoms with van der Waals surface area (Å²) in [5.41, 5.74) is 0. The van der Waals surface area contributed by atoms with E-state index in [0.29, 0.717) is 19.1 Å². The van der Waals surface area contributed by atoms with E-state index in [0.717, 1.165) is 19.4 Å². The van der Waals surface area contributed by atoms with Crippen LogP contribution in [0.1, 0.15) is 33.6 Å². The molecule has 0 aromatic rings. The van der Waals surface area contributed by atoms with Gasteiger partial charge in [-0.15, -0.1) is 0 Å². The number of nitrogens with zero attached hydrogens (tertiary/aromatic N) is 1. The van der Waals surface area contributed by atoms with E-state index in [4.69, 9.17) is 4.74 Å². The summed E-state index contributed by atoms with van der Waals surface area (Å²) in [6, 6.07) is 0.285. The smallest absolute Gasteiger partial charge is 0.240 e. The molecule has 0 aromatic carbocycles. The molecule has 17 heavy (non-hydrogen) atoms. The van der Waals surface area contributed by atoms with Gasteiger partial charge in [-0.1, -0.05) is 13.8 Å². The van der Waals surface area contributed by atoms with Crippen molar-refractivity contribution in [2.75, 3.05) is 26.8 Å². The van der Waals surface area contributed by atoms with Crippen molar-refractivity contribution in [1.82, 2.24) is 10.2 Å². The lowest BCUT2D eigenvalue weighted by Crippen LogP contribution is -2.50. The minimum absolute atomic E-state index is 0.000793. The zero-order valence-electron chi connectivity index (χ0n) is 11.5. The predicted molar refractivity (Wildman–Crippen MR) is 68.9 cm³/mol. The van der Waals surface area contributed by atoms with Crippen LogP contribution in [0.3, 0.4) is 0 Å². The van der Waals surface area contributed by atoms with E-state index in [1.807, 2.05) is 4.90 Å². The maximum absolute atomic E-state index is 12.5. The Labute approximate surface area is 105 Å². The van der Waals surface area contributed by atoms with Crippen LogP contribution in [-0.4, -0.2) is 49.7 Å². The van der Waals surface area contributed by atoms with Gasteiger partial charge in [0.05, 0.1) is 12.6 Å². The molecule has 4 nitrogen and oxygen atoms in total. The van der Waals surface area contributed by atoms with Gasteiger partial charge in [0.15, 0.2) is 0 Å². The molecule has 3 unspecified atom stereocenters. The van der Waals surface area contributed by atoms with Gasteiger partial charge in [-0.05, 0) is 32.2 Å². The fourth-order valence-corrected chi connectivity index (χ4v) is 2.30. The number of hydrogen-bond acceptors (Lipinski definition) is 3. The number of nitrogens with one attached hydrogen (secondary N) is 1. The fourth-order valence-electron chi connectivity index (χ4n) is 2.30. The zero-order chi connectivity index (χ0) is 12.8. The van der Waals surface area contributed by atoms with Crippen LogP contribution in [0.15, 0.2) is 0 Å². The van der Waals surface area contributed by atoms with E-state index in [-0.39, 0.29) is 18.0 Å². The van der Waals surface area contributed by atoms with Crippen LogP contribution in [0, 0.1) is 5.92 Å². The number of carbonyl (C=O) groups is 1. The fraction of sp³-hybridized carbons (Fsp3) is 0.923. The molecule has 1 aliphatic rings. The Hall–Kier alpha value is -0.610. The van der Waals surface area contributed by atoms with Crippen LogP contribution in [0.5, 0.6) is 0 Å². The highest BCUT2D eigenvalue weighted by Crippen LogP contribution is 2.18. The molecular weight excluding hydrogens is 216 g/mol. The number of hydrogen-bond donors (Lipinski definition) is 1. The van der Waals surface area contributed by atoms with Crippen LogP contribution in [0.4, 0.5) is 0 Å². The standard InChI is InChI=1S/C13H26N2O2/c1-5-11(3)15(8-9-17-4)13(16)12-10(2)6-7-14-12/h10-12,14H,5-9H2,1-4H3. The Kier molecular flexibility index (Phi) is 5.92. The zero-order valence-corrected chi connectivity index (χ0v) is 11.5. The maximum Gasteiger partial charge on any atom is 0.240 e. The quantitative estimate of drug-likeness (QED) is 0.762. The molecule has 100 valence electrons. The van der Waals surface area contributed by atoms with Crippen LogP contribution >= 0.6 is 0 Å². The molecule has 0 aliphatic carbocycles. The van der Waals surface area contributed by atoms with Gasteiger partial charge in [0, 0.05) is 19.7 Å². The molecule has 0 bridgehead atoms. The summed E-state index contributed by atoms with van der Waals surface area (Å²) in [5.74, 6) is 0.679. The van der Waals surface area contributed by atoms with E-state index >= 15 is 0 Å². The Bertz CT molecular complexity index is 246. The van der Waals surface area contributed by atoms with E-state index in [9.17, 15) is 4.79 Å². The Morgan fingerprint density at radius 1 is 1.59 bits per heavy atom. The average molecular weight is 242 g/mol.